The lowest BCUT2D eigenvalue weighted by molar-refractivity contribution is 0.466. The zero-order chi connectivity index (χ0) is 17.8. The topological polar surface area (TPSA) is 148 Å². The summed E-state index contributed by atoms with van der Waals surface area (Å²) in [6.45, 7) is 4.90. The van der Waals surface area contributed by atoms with Crippen LogP contribution in [-0.2, 0) is 10.1 Å². The first kappa shape index (κ1) is 18.6. The van der Waals surface area contributed by atoms with Crippen LogP contribution >= 0.6 is 0 Å². The lowest BCUT2D eigenvalue weighted by Crippen LogP contribution is -2.16. The Bertz CT molecular complexity index is 820. The van der Waals surface area contributed by atoms with Gasteiger partial charge in [-0.1, -0.05) is 12.7 Å². The molecule has 1 aromatic rings. The van der Waals surface area contributed by atoms with Gasteiger partial charge in [0.15, 0.2) is 5.75 Å². The first-order chi connectivity index (χ1) is 10.7. The molecule has 0 heterocycles. The second-order valence-electron chi connectivity index (χ2n) is 4.13. The van der Waals surface area contributed by atoms with Crippen LogP contribution in [0.15, 0.2) is 32.8 Å². The van der Waals surface area contributed by atoms with E-state index in [1.807, 2.05) is 5.34 Å². The molecular weight excluding hydrogens is 320 g/mol. The molecule has 9 nitrogen and oxygen atoms in total. The standard InChI is InChI=1S/C11H11B2N5O4S/c1-3-6-4-7(23(20,21)22)10(16-18-13)11(19)8(6)9(14)5(2)15-17-12/h3-4,14,17,19H,1H2,2H3,(H,20,21,22). The SMILES string of the molecule is [B]N=Nc1c(S(=O)(=O)O)cc(C=C)c(C(=N)C(C)=NN[B])c1O. The van der Waals surface area contributed by atoms with Gasteiger partial charge in [0.1, 0.15) is 10.6 Å². The smallest absolute Gasteiger partial charge is 0.296 e. The van der Waals surface area contributed by atoms with Gasteiger partial charge in [0.05, 0.1) is 17.0 Å². The summed E-state index contributed by atoms with van der Waals surface area (Å²) in [7, 11) is 5.19. The summed E-state index contributed by atoms with van der Waals surface area (Å²) >= 11 is 0. The number of benzene rings is 1. The van der Waals surface area contributed by atoms with E-state index in [2.05, 4.69) is 21.8 Å². The van der Waals surface area contributed by atoms with E-state index in [-0.39, 0.29) is 22.6 Å². The van der Waals surface area contributed by atoms with Gasteiger partial charge in [-0.2, -0.15) is 18.6 Å². The molecule has 0 aliphatic heterocycles. The normalized spacial score (nSPS) is 12.3. The maximum absolute atomic E-state index is 11.4. The number of hydrogen-bond donors (Lipinski definition) is 4. The molecule has 1 aromatic carbocycles. The number of hydrogen-bond acceptors (Lipinski definition) is 8. The average molecular weight is 331 g/mol. The fraction of sp³-hybridized carbons (Fsp3) is 0.0909. The zero-order valence-electron chi connectivity index (χ0n) is 12.0. The molecule has 0 unspecified atom stereocenters. The van der Waals surface area contributed by atoms with Gasteiger partial charge >= 0.3 is 0 Å². The maximum atomic E-state index is 11.4. The molecule has 0 aliphatic rings. The van der Waals surface area contributed by atoms with Gasteiger partial charge in [-0.3, -0.25) is 15.0 Å². The van der Waals surface area contributed by atoms with Crippen molar-refractivity contribution < 1.29 is 18.1 Å². The van der Waals surface area contributed by atoms with Crippen LogP contribution in [0.5, 0.6) is 5.75 Å². The Morgan fingerprint density at radius 2 is 2.13 bits per heavy atom. The molecule has 0 spiro atoms. The Morgan fingerprint density at radius 3 is 2.57 bits per heavy atom. The van der Waals surface area contributed by atoms with Crippen molar-refractivity contribution in [1.82, 2.24) is 5.34 Å². The molecule has 0 amide bonds. The molecule has 12 heteroatoms. The van der Waals surface area contributed by atoms with Crippen LogP contribution in [0.1, 0.15) is 18.1 Å². The van der Waals surface area contributed by atoms with Gasteiger partial charge in [-0.15, -0.1) is 0 Å². The highest BCUT2D eigenvalue weighted by atomic mass is 32.2. The molecule has 0 fully saturated rings. The second-order valence-corrected chi connectivity index (χ2v) is 5.52. The van der Waals surface area contributed by atoms with Crippen LogP contribution in [0, 0.1) is 5.41 Å². The minimum Gasteiger partial charge on any atom is -0.505 e. The largest absolute Gasteiger partial charge is 0.505 e. The van der Waals surface area contributed by atoms with Crippen molar-refractivity contribution >= 4 is 49.3 Å². The van der Waals surface area contributed by atoms with Crippen molar-refractivity contribution in [2.45, 2.75) is 11.8 Å². The summed E-state index contributed by atoms with van der Waals surface area (Å²) in [5.41, 5.74) is -0.908. The minimum absolute atomic E-state index is 0.0441. The first-order valence-electron chi connectivity index (χ1n) is 5.89. The van der Waals surface area contributed by atoms with Crippen LogP contribution < -0.4 is 5.34 Å². The molecule has 0 saturated heterocycles. The van der Waals surface area contributed by atoms with Crippen molar-refractivity contribution in [2.24, 2.45) is 15.2 Å². The maximum Gasteiger partial charge on any atom is 0.296 e. The summed E-state index contributed by atoms with van der Waals surface area (Å²) in [5.74, 6) is -0.735. The van der Waals surface area contributed by atoms with Crippen LogP contribution in [0.3, 0.4) is 0 Å². The molecule has 0 aromatic heterocycles. The predicted molar refractivity (Wildman–Crippen MR) is 87.1 cm³/mol. The van der Waals surface area contributed by atoms with Crippen molar-refractivity contribution in [2.75, 3.05) is 0 Å². The highest BCUT2D eigenvalue weighted by Gasteiger charge is 2.26. The Labute approximate surface area is 135 Å². The number of aromatic hydroxyl groups is 1. The quantitative estimate of drug-likeness (QED) is 0.201. The van der Waals surface area contributed by atoms with E-state index in [9.17, 15) is 18.1 Å². The van der Waals surface area contributed by atoms with Crippen molar-refractivity contribution in [3.05, 3.63) is 23.8 Å². The molecule has 0 aliphatic carbocycles. The molecule has 0 saturated carbocycles. The number of rotatable bonds is 6. The number of nitrogens with zero attached hydrogens (tertiary/aromatic N) is 3. The summed E-state index contributed by atoms with van der Waals surface area (Å²) < 4.78 is 32.1. The molecule has 23 heavy (non-hydrogen) atoms. The summed E-state index contributed by atoms with van der Waals surface area (Å²) in [6.07, 6.45) is 1.19. The van der Waals surface area contributed by atoms with Crippen molar-refractivity contribution in [1.29, 1.82) is 5.41 Å². The average Bonchev–Trinajstić information content (AvgIpc) is 2.47. The minimum atomic E-state index is -4.73. The van der Waals surface area contributed by atoms with E-state index >= 15 is 0 Å². The highest BCUT2D eigenvalue weighted by Crippen LogP contribution is 2.40. The van der Waals surface area contributed by atoms with Crippen molar-refractivity contribution in [3.63, 3.8) is 0 Å². The van der Waals surface area contributed by atoms with Crippen LogP contribution in [0.25, 0.3) is 6.08 Å². The third-order valence-electron chi connectivity index (χ3n) is 2.77. The van der Waals surface area contributed by atoms with E-state index in [0.717, 1.165) is 6.07 Å². The van der Waals surface area contributed by atoms with Gasteiger partial charge < -0.3 is 10.4 Å². The van der Waals surface area contributed by atoms with Gasteiger partial charge in [-0.25, -0.2) is 0 Å². The summed E-state index contributed by atoms with van der Waals surface area (Å²) in [4.78, 5) is -0.734. The van der Waals surface area contributed by atoms with Gasteiger partial charge in [0.25, 0.3) is 26.1 Å². The second kappa shape index (κ2) is 7.20. The summed E-state index contributed by atoms with van der Waals surface area (Å²) in [5, 5.41) is 30.1. The molecule has 4 radical (unpaired) electrons. The molecular formula is C11H11B2N5O4S. The summed E-state index contributed by atoms with van der Waals surface area (Å²) in [6, 6.07) is 0.971. The van der Waals surface area contributed by atoms with Gasteiger partial charge in [0, 0.05) is 0 Å². The van der Waals surface area contributed by atoms with E-state index < -0.39 is 26.5 Å². The van der Waals surface area contributed by atoms with Crippen molar-refractivity contribution in [3.8, 4) is 5.75 Å². The Morgan fingerprint density at radius 1 is 1.52 bits per heavy atom. The van der Waals surface area contributed by atoms with Gasteiger partial charge in [0.2, 0.25) is 0 Å². The Kier molecular flexibility index (Phi) is 5.82. The van der Waals surface area contributed by atoms with Crippen LogP contribution in [0.4, 0.5) is 5.69 Å². The molecule has 0 atom stereocenters. The van der Waals surface area contributed by atoms with Crippen LogP contribution in [0.2, 0.25) is 0 Å². The lowest BCUT2D eigenvalue weighted by Gasteiger charge is -2.14. The molecule has 0 bridgehead atoms. The Balaban J connectivity index is 3.87. The Hall–Kier alpha value is -2.46. The van der Waals surface area contributed by atoms with E-state index in [0.29, 0.717) is 0 Å². The number of phenolic OH excluding ortho intramolecular Hbond substituents is 1. The lowest BCUT2D eigenvalue weighted by atomic mass is 9.98. The number of phenols is 1. The fourth-order valence-electron chi connectivity index (χ4n) is 1.76. The third kappa shape index (κ3) is 3.85. The molecule has 116 valence electrons. The molecule has 4 N–H and O–H groups in total. The third-order valence-corrected chi connectivity index (χ3v) is 3.64. The number of hydrazone groups is 1. The van der Waals surface area contributed by atoms with E-state index in [1.54, 1.807) is 0 Å². The van der Waals surface area contributed by atoms with Gasteiger partial charge in [-0.05, 0) is 18.6 Å². The number of nitrogens with one attached hydrogen (secondary N) is 2. The predicted octanol–water partition coefficient (Wildman–Crippen LogP) is 0.866. The van der Waals surface area contributed by atoms with E-state index in [1.165, 1.54) is 13.0 Å². The molecule has 1 rings (SSSR count). The highest BCUT2D eigenvalue weighted by molar-refractivity contribution is 7.86. The van der Waals surface area contributed by atoms with Crippen LogP contribution in [-0.4, -0.2) is 45.5 Å². The zero-order valence-corrected chi connectivity index (χ0v) is 12.8. The first-order valence-corrected chi connectivity index (χ1v) is 7.33. The fourth-order valence-corrected chi connectivity index (χ4v) is 2.42. The van der Waals surface area contributed by atoms with E-state index in [4.69, 9.17) is 21.4 Å². The monoisotopic (exact) mass is 331 g/mol.